The summed E-state index contributed by atoms with van der Waals surface area (Å²) in [5, 5.41) is 11.1. The molecule has 1 aromatic heterocycles. The third kappa shape index (κ3) is 4.39. The number of aromatic nitrogens is 3. The van der Waals surface area contributed by atoms with Crippen LogP contribution in [0.4, 0.5) is 5.69 Å². The van der Waals surface area contributed by atoms with Crippen LogP contribution in [0.3, 0.4) is 0 Å². The van der Waals surface area contributed by atoms with Crippen molar-refractivity contribution in [2.75, 3.05) is 31.6 Å². The van der Waals surface area contributed by atoms with Gasteiger partial charge in [0, 0.05) is 43.9 Å². The first-order valence-corrected chi connectivity index (χ1v) is 9.61. The lowest BCUT2D eigenvalue weighted by Crippen LogP contribution is -2.43. The number of hydrogen-bond acceptors (Lipinski definition) is 5. The minimum atomic E-state index is -0.103. The van der Waals surface area contributed by atoms with Crippen LogP contribution in [0.5, 0.6) is 0 Å². The van der Waals surface area contributed by atoms with E-state index in [1.807, 2.05) is 43.7 Å². The number of amides is 2. The summed E-state index contributed by atoms with van der Waals surface area (Å²) >= 11 is 0. The Morgan fingerprint density at radius 1 is 1.29 bits per heavy atom. The molecule has 1 aromatic carbocycles. The fourth-order valence-electron chi connectivity index (χ4n) is 3.45. The number of anilines is 1. The molecule has 0 aliphatic carbocycles. The van der Waals surface area contributed by atoms with Crippen molar-refractivity contribution in [1.29, 1.82) is 0 Å². The van der Waals surface area contributed by atoms with Gasteiger partial charge in [-0.1, -0.05) is 12.1 Å². The van der Waals surface area contributed by atoms with E-state index in [-0.39, 0.29) is 24.3 Å². The molecule has 150 valence electrons. The van der Waals surface area contributed by atoms with E-state index < -0.39 is 0 Å². The Hall–Kier alpha value is -2.74. The van der Waals surface area contributed by atoms with Gasteiger partial charge in [0.25, 0.3) is 0 Å². The molecule has 1 saturated heterocycles. The summed E-state index contributed by atoms with van der Waals surface area (Å²) in [5.74, 6) is 0.645. The van der Waals surface area contributed by atoms with Gasteiger partial charge in [0.2, 0.25) is 11.8 Å². The number of piperidine rings is 1. The first kappa shape index (κ1) is 20.0. The summed E-state index contributed by atoms with van der Waals surface area (Å²) in [6, 6.07) is 5.77. The molecule has 1 N–H and O–H groups in total. The molecule has 3 rings (SSSR count). The molecule has 28 heavy (non-hydrogen) atoms. The van der Waals surface area contributed by atoms with Crippen LogP contribution in [0, 0.1) is 12.8 Å². The summed E-state index contributed by atoms with van der Waals surface area (Å²) in [4.78, 5) is 26.6. The van der Waals surface area contributed by atoms with E-state index in [0.717, 1.165) is 22.6 Å². The highest BCUT2D eigenvalue weighted by molar-refractivity contribution is 5.94. The zero-order valence-corrected chi connectivity index (χ0v) is 16.6. The van der Waals surface area contributed by atoms with Crippen molar-refractivity contribution < 1.29 is 14.3 Å². The van der Waals surface area contributed by atoms with E-state index in [9.17, 15) is 9.59 Å². The normalized spacial score (nSPS) is 14.9. The average Bonchev–Trinajstić information content (AvgIpc) is 3.13. The summed E-state index contributed by atoms with van der Waals surface area (Å²) in [7, 11) is 1.89. The molecule has 1 aliphatic rings. The van der Waals surface area contributed by atoms with E-state index in [0.29, 0.717) is 32.5 Å². The third-order valence-corrected chi connectivity index (χ3v) is 5.19. The van der Waals surface area contributed by atoms with E-state index in [4.69, 9.17) is 4.74 Å². The van der Waals surface area contributed by atoms with E-state index in [1.54, 1.807) is 11.2 Å². The Labute approximate surface area is 164 Å². The third-order valence-electron chi connectivity index (χ3n) is 5.19. The predicted molar refractivity (Wildman–Crippen MR) is 106 cm³/mol. The van der Waals surface area contributed by atoms with Gasteiger partial charge in [0.15, 0.2) is 5.82 Å². The molecule has 0 radical (unpaired) electrons. The van der Waals surface area contributed by atoms with Crippen molar-refractivity contribution in [3.63, 3.8) is 0 Å². The maximum atomic E-state index is 12.8. The van der Waals surface area contributed by atoms with Gasteiger partial charge in [-0.3, -0.25) is 9.59 Å². The Morgan fingerprint density at radius 3 is 2.68 bits per heavy atom. The van der Waals surface area contributed by atoms with Gasteiger partial charge < -0.3 is 19.5 Å². The van der Waals surface area contributed by atoms with Gasteiger partial charge in [-0.2, -0.15) is 0 Å². The molecule has 1 aliphatic heterocycles. The highest BCUT2D eigenvalue weighted by Crippen LogP contribution is 2.28. The van der Waals surface area contributed by atoms with Crippen LogP contribution >= 0.6 is 0 Å². The number of carbonyl (C=O) groups is 2. The molecule has 8 nitrogen and oxygen atoms in total. The minimum absolute atomic E-state index is 0.00452. The second-order valence-corrected chi connectivity index (χ2v) is 7.03. The number of nitrogens with zero attached hydrogens (tertiary/aromatic N) is 4. The van der Waals surface area contributed by atoms with Crippen LogP contribution in [0.15, 0.2) is 24.5 Å². The van der Waals surface area contributed by atoms with Crippen molar-refractivity contribution >= 4 is 17.5 Å². The molecule has 8 heteroatoms. The van der Waals surface area contributed by atoms with Crippen molar-refractivity contribution in [3.8, 4) is 11.4 Å². The number of benzene rings is 1. The quantitative estimate of drug-likeness (QED) is 0.822. The van der Waals surface area contributed by atoms with Gasteiger partial charge in [-0.15, -0.1) is 10.2 Å². The standard InChI is InChI=1S/C20H27N5O3/c1-4-28-12-18(26)25-10-8-15(9-11-25)20(27)22-17-7-5-6-16(14(17)2)19-23-21-13-24(19)3/h5-7,13,15H,4,8-12H2,1-3H3,(H,22,27). The van der Waals surface area contributed by atoms with E-state index >= 15 is 0 Å². The summed E-state index contributed by atoms with van der Waals surface area (Å²) < 4.78 is 7.03. The molecule has 2 aromatic rings. The van der Waals surface area contributed by atoms with Gasteiger partial charge >= 0.3 is 0 Å². The second kappa shape index (κ2) is 8.97. The first-order chi connectivity index (χ1) is 13.5. The molecular weight excluding hydrogens is 358 g/mol. The maximum Gasteiger partial charge on any atom is 0.248 e. The van der Waals surface area contributed by atoms with E-state index in [2.05, 4.69) is 15.5 Å². The number of aryl methyl sites for hydroxylation is 1. The molecule has 2 heterocycles. The van der Waals surface area contributed by atoms with Crippen molar-refractivity contribution in [3.05, 3.63) is 30.1 Å². The fourth-order valence-corrected chi connectivity index (χ4v) is 3.45. The zero-order chi connectivity index (χ0) is 20.1. The summed E-state index contributed by atoms with van der Waals surface area (Å²) in [6.45, 7) is 5.64. The Balaban J connectivity index is 1.62. The number of likely N-dealkylation sites (tertiary alicyclic amines) is 1. The minimum Gasteiger partial charge on any atom is -0.372 e. The fraction of sp³-hybridized carbons (Fsp3) is 0.500. The molecule has 0 spiro atoms. The molecule has 1 fully saturated rings. The van der Waals surface area contributed by atoms with E-state index in [1.165, 1.54) is 0 Å². The largest absolute Gasteiger partial charge is 0.372 e. The highest BCUT2D eigenvalue weighted by atomic mass is 16.5. The molecular formula is C20H27N5O3. The number of nitrogens with one attached hydrogen (secondary N) is 1. The summed E-state index contributed by atoms with van der Waals surface area (Å²) in [5.41, 5.74) is 2.67. The van der Waals surface area contributed by atoms with Gasteiger partial charge in [-0.25, -0.2) is 0 Å². The zero-order valence-electron chi connectivity index (χ0n) is 16.6. The molecule has 2 amide bonds. The molecule has 0 atom stereocenters. The van der Waals surface area contributed by atoms with Crippen LogP contribution in [0.1, 0.15) is 25.3 Å². The van der Waals surface area contributed by atoms with Crippen LogP contribution in [0.2, 0.25) is 0 Å². The molecule has 0 unspecified atom stereocenters. The lowest BCUT2D eigenvalue weighted by molar-refractivity contribution is -0.138. The predicted octanol–water partition coefficient (Wildman–Crippen LogP) is 2.00. The number of carbonyl (C=O) groups excluding carboxylic acids is 2. The van der Waals surface area contributed by atoms with Crippen LogP contribution < -0.4 is 5.32 Å². The number of ether oxygens (including phenoxy) is 1. The maximum absolute atomic E-state index is 12.8. The Bertz CT molecular complexity index is 840. The Morgan fingerprint density at radius 2 is 2.04 bits per heavy atom. The first-order valence-electron chi connectivity index (χ1n) is 9.61. The number of hydrogen-bond donors (Lipinski definition) is 1. The lowest BCUT2D eigenvalue weighted by Gasteiger charge is -2.31. The van der Waals surface area contributed by atoms with Crippen LogP contribution in [0.25, 0.3) is 11.4 Å². The van der Waals surface area contributed by atoms with Gasteiger partial charge in [0.05, 0.1) is 0 Å². The Kier molecular flexibility index (Phi) is 6.41. The smallest absolute Gasteiger partial charge is 0.248 e. The van der Waals surface area contributed by atoms with Crippen LogP contribution in [-0.4, -0.2) is 57.8 Å². The topological polar surface area (TPSA) is 89.3 Å². The number of rotatable bonds is 6. The highest BCUT2D eigenvalue weighted by Gasteiger charge is 2.27. The average molecular weight is 385 g/mol. The second-order valence-electron chi connectivity index (χ2n) is 7.03. The van der Waals surface area contributed by atoms with Crippen molar-refractivity contribution in [1.82, 2.24) is 19.7 Å². The van der Waals surface area contributed by atoms with Gasteiger partial charge in [-0.05, 0) is 38.3 Å². The lowest BCUT2D eigenvalue weighted by atomic mass is 9.95. The summed E-state index contributed by atoms with van der Waals surface area (Å²) in [6.07, 6.45) is 2.97. The molecule has 0 bridgehead atoms. The SMILES string of the molecule is CCOCC(=O)N1CCC(C(=O)Nc2cccc(-c3nncn3C)c2C)CC1. The van der Waals surface area contributed by atoms with Gasteiger partial charge in [0.1, 0.15) is 12.9 Å². The monoisotopic (exact) mass is 385 g/mol. The van der Waals surface area contributed by atoms with Crippen molar-refractivity contribution in [2.24, 2.45) is 13.0 Å². The van der Waals surface area contributed by atoms with Crippen LogP contribution in [-0.2, 0) is 21.4 Å². The van der Waals surface area contributed by atoms with Crippen molar-refractivity contribution in [2.45, 2.75) is 26.7 Å². The molecule has 0 saturated carbocycles.